The average Bonchev–Trinajstić information content (AvgIpc) is 3.52. The van der Waals surface area contributed by atoms with Crippen LogP contribution >= 0.6 is 27.7 Å². The minimum atomic E-state index is -1.09. The fourth-order valence-corrected chi connectivity index (χ4v) is 5.19. The van der Waals surface area contributed by atoms with Gasteiger partial charge in [0.25, 0.3) is 5.22 Å². The largest absolute Gasteiger partial charge is 0.497 e. The van der Waals surface area contributed by atoms with Gasteiger partial charge in [-0.1, -0.05) is 46.3 Å². The van der Waals surface area contributed by atoms with Crippen LogP contribution in [0.5, 0.6) is 11.5 Å². The van der Waals surface area contributed by atoms with Crippen molar-refractivity contribution in [3.8, 4) is 23.0 Å². The van der Waals surface area contributed by atoms with E-state index in [9.17, 15) is 9.90 Å². The molecular weight excluding hydrogens is 582 g/mol. The second-order valence-electron chi connectivity index (χ2n) is 8.62. The van der Waals surface area contributed by atoms with Crippen LogP contribution in [0.1, 0.15) is 16.8 Å². The maximum atomic E-state index is 12.3. The van der Waals surface area contributed by atoms with Gasteiger partial charge >= 0.3 is 5.97 Å². The molecule has 0 radical (unpaired) electrons. The zero-order valence-electron chi connectivity index (χ0n) is 21.3. The summed E-state index contributed by atoms with van der Waals surface area (Å²) in [5.74, 6) is 0.268. The van der Waals surface area contributed by atoms with Crippen LogP contribution in [-0.4, -0.2) is 40.1 Å². The number of thioether (sulfide) groups is 1. The summed E-state index contributed by atoms with van der Waals surface area (Å²) in [7, 11) is 3.10. The third-order valence-corrected chi connectivity index (χ3v) is 7.60. The summed E-state index contributed by atoms with van der Waals surface area (Å²) in [5, 5.41) is 19.3. The van der Waals surface area contributed by atoms with Crippen molar-refractivity contribution in [3.05, 3.63) is 92.9 Å². The molecule has 8 nitrogen and oxygen atoms in total. The summed E-state index contributed by atoms with van der Waals surface area (Å²) in [4.78, 5) is 12.4. The minimum Gasteiger partial charge on any atom is -0.497 e. The van der Waals surface area contributed by atoms with E-state index in [4.69, 9.17) is 13.9 Å². The molecule has 0 aliphatic heterocycles. The van der Waals surface area contributed by atoms with Crippen molar-refractivity contribution in [2.45, 2.75) is 18.7 Å². The summed E-state index contributed by atoms with van der Waals surface area (Å²) in [6.07, 6.45) is 1.67. The molecule has 0 spiro atoms. The molecule has 0 saturated heterocycles. The first kappa shape index (κ1) is 26.6. The van der Waals surface area contributed by atoms with Gasteiger partial charge in [-0.05, 0) is 60.7 Å². The highest BCUT2D eigenvalue weighted by Gasteiger charge is 2.20. The third kappa shape index (κ3) is 5.71. The molecule has 1 N–H and O–H groups in total. The highest BCUT2D eigenvalue weighted by Crippen LogP contribution is 2.35. The summed E-state index contributed by atoms with van der Waals surface area (Å²) in [6.45, 7) is 2.65. The van der Waals surface area contributed by atoms with Crippen LogP contribution in [-0.2, 0) is 11.3 Å². The molecule has 0 bridgehead atoms. The van der Waals surface area contributed by atoms with Crippen LogP contribution in [0.25, 0.3) is 28.4 Å². The molecule has 3 aromatic carbocycles. The summed E-state index contributed by atoms with van der Waals surface area (Å²) >= 11 is 4.39. The van der Waals surface area contributed by atoms with Crippen molar-refractivity contribution >= 4 is 50.6 Å². The summed E-state index contributed by atoms with van der Waals surface area (Å²) in [5.41, 5.74) is 4.53. The number of hydrogen-bond acceptors (Lipinski definition) is 7. The van der Waals surface area contributed by atoms with Gasteiger partial charge in [0, 0.05) is 44.8 Å². The van der Waals surface area contributed by atoms with Gasteiger partial charge in [0.05, 0.1) is 14.2 Å². The van der Waals surface area contributed by atoms with Gasteiger partial charge in [-0.3, -0.25) is 0 Å². The Kier molecular flexibility index (Phi) is 7.76. The number of rotatable bonds is 9. The number of halogens is 1. The van der Waals surface area contributed by atoms with Gasteiger partial charge in [0.2, 0.25) is 5.89 Å². The Morgan fingerprint density at radius 3 is 2.41 bits per heavy atom. The van der Waals surface area contributed by atoms with Crippen LogP contribution in [0.3, 0.4) is 0 Å². The summed E-state index contributed by atoms with van der Waals surface area (Å²) < 4.78 is 19.6. The number of methoxy groups -OCH3 is 2. The molecule has 39 heavy (non-hydrogen) atoms. The van der Waals surface area contributed by atoms with Crippen molar-refractivity contribution in [2.24, 2.45) is 0 Å². The average molecular weight is 606 g/mol. The number of carboxylic acids is 1. The molecule has 0 aliphatic carbocycles. The number of aromatic nitrogens is 3. The quantitative estimate of drug-likeness (QED) is 0.141. The van der Waals surface area contributed by atoms with Crippen LogP contribution in [0, 0.1) is 6.92 Å². The van der Waals surface area contributed by atoms with Gasteiger partial charge in [-0.15, -0.1) is 10.2 Å². The molecular formula is C29H24BrN3O5S. The Morgan fingerprint density at radius 1 is 1.05 bits per heavy atom. The zero-order valence-corrected chi connectivity index (χ0v) is 23.7. The number of para-hydroxylation sites is 1. The van der Waals surface area contributed by atoms with Crippen molar-refractivity contribution in [3.63, 3.8) is 0 Å². The molecule has 198 valence electrons. The second-order valence-corrected chi connectivity index (χ2v) is 10.5. The van der Waals surface area contributed by atoms with E-state index in [2.05, 4.69) is 42.8 Å². The monoisotopic (exact) mass is 605 g/mol. The topological polar surface area (TPSA) is 99.6 Å². The van der Waals surface area contributed by atoms with E-state index in [0.29, 0.717) is 23.6 Å². The molecule has 10 heteroatoms. The standard InChI is InChI=1S/C29H24BrN3O5S/c1-17-24(23-6-4-5-7-25(23)33(17)16-18-8-10-20(30)11-9-18)15-26(28(34)35)39-29-32-31-27(38-29)19-12-21(36-2)14-22(13-19)37-3/h4-15H,16H2,1-3H3,(H,34,35)/b26-15-. The molecule has 0 amide bonds. The van der Waals surface area contributed by atoms with E-state index in [1.165, 1.54) is 0 Å². The third-order valence-electron chi connectivity index (χ3n) is 6.22. The van der Waals surface area contributed by atoms with E-state index in [1.54, 1.807) is 38.5 Å². The predicted octanol–water partition coefficient (Wildman–Crippen LogP) is 7.05. The predicted molar refractivity (Wildman–Crippen MR) is 154 cm³/mol. The molecule has 0 unspecified atom stereocenters. The Hall–Kier alpha value is -4.02. The van der Waals surface area contributed by atoms with Crippen molar-refractivity contribution in [1.29, 1.82) is 0 Å². The molecule has 5 rings (SSSR count). The molecule has 2 aromatic heterocycles. The van der Waals surface area contributed by atoms with E-state index in [-0.39, 0.29) is 16.0 Å². The Balaban J connectivity index is 1.50. The van der Waals surface area contributed by atoms with Gasteiger partial charge in [0.1, 0.15) is 16.4 Å². The Labute approximate surface area is 237 Å². The first-order chi connectivity index (χ1) is 18.9. The van der Waals surface area contributed by atoms with Crippen LogP contribution in [0.15, 0.2) is 85.7 Å². The Bertz CT molecular complexity index is 1670. The molecule has 0 fully saturated rings. The number of ether oxygens (including phenoxy) is 2. The maximum Gasteiger partial charge on any atom is 0.342 e. The van der Waals surface area contributed by atoms with E-state index in [1.807, 2.05) is 43.3 Å². The van der Waals surface area contributed by atoms with Gasteiger partial charge in [-0.2, -0.15) is 0 Å². The fourth-order valence-electron chi connectivity index (χ4n) is 4.27. The van der Waals surface area contributed by atoms with E-state index in [0.717, 1.165) is 44.0 Å². The lowest BCUT2D eigenvalue weighted by Crippen LogP contribution is -2.02. The van der Waals surface area contributed by atoms with Crippen molar-refractivity contribution in [2.75, 3.05) is 14.2 Å². The molecule has 0 atom stereocenters. The number of nitrogens with zero attached hydrogens (tertiary/aromatic N) is 3. The second kappa shape index (κ2) is 11.4. The molecule has 0 aliphatic rings. The molecule has 0 saturated carbocycles. The first-order valence-electron chi connectivity index (χ1n) is 11.9. The fraction of sp³-hybridized carbons (Fsp3) is 0.138. The number of hydrogen-bond donors (Lipinski definition) is 1. The summed E-state index contributed by atoms with van der Waals surface area (Å²) in [6, 6.07) is 21.3. The van der Waals surface area contributed by atoms with Gasteiger partial charge < -0.3 is 23.6 Å². The van der Waals surface area contributed by atoms with Crippen LogP contribution < -0.4 is 9.47 Å². The maximum absolute atomic E-state index is 12.3. The SMILES string of the molecule is COc1cc(OC)cc(-c2nnc(S/C(=C\c3c(C)n(Cc4ccc(Br)cc4)c4ccccc34)C(=O)O)o2)c1. The van der Waals surface area contributed by atoms with Crippen LogP contribution in [0.2, 0.25) is 0 Å². The Morgan fingerprint density at radius 2 is 1.74 bits per heavy atom. The molecule has 2 heterocycles. The van der Waals surface area contributed by atoms with Crippen molar-refractivity contribution < 1.29 is 23.8 Å². The lowest BCUT2D eigenvalue weighted by Gasteiger charge is -2.09. The lowest BCUT2D eigenvalue weighted by molar-refractivity contribution is -0.131. The van der Waals surface area contributed by atoms with Crippen LogP contribution in [0.4, 0.5) is 0 Å². The lowest BCUT2D eigenvalue weighted by atomic mass is 10.1. The van der Waals surface area contributed by atoms with Crippen molar-refractivity contribution in [1.82, 2.24) is 14.8 Å². The van der Waals surface area contributed by atoms with E-state index < -0.39 is 5.97 Å². The van der Waals surface area contributed by atoms with Gasteiger partial charge in [0.15, 0.2) is 0 Å². The highest BCUT2D eigenvalue weighted by atomic mass is 79.9. The highest BCUT2D eigenvalue weighted by molar-refractivity contribution is 9.10. The first-order valence-corrected chi connectivity index (χ1v) is 13.5. The minimum absolute atomic E-state index is 0.0584. The number of carboxylic acid groups (broad SMARTS) is 1. The number of carbonyl (C=O) groups is 1. The smallest absolute Gasteiger partial charge is 0.342 e. The van der Waals surface area contributed by atoms with E-state index >= 15 is 0 Å². The number of benzene rings is 3. The normalized spacial score (nSPS) is 11.6. The van der Waals surface area contributed by atoms with Gasteiger partial charge in [-0.25, -0.2) is 4.79 Å². The molecule has 5 aromatic rings. The zero-order chi connectivity index (χ0) is 27.5. The number of aliphatic carboxylic acids is 1. The number of fused-ring (bicyclic) bond motifs is 1.